The highest BCUT2D eigenvalue weighted by Crippen LogP contribution is 2.50. The van der Waals surface area contributed by atoms with E-state index < -0.39 is 0 Å². The van der Waals surface area contributed by atoms with E-state index in [4.69, 9.17) is 9.47 Å². The summed E-state index contributed by atoms with van der Waals surface area (Å²) in [4.78, 5) is 0. The molecular formula is C45H40O4. The number of benzene rings is 7. The van der Waals surface area contributed by atoms with Crippen LogP contribution in [0.3, 0.4) is 0 Å². The molecule has 0 spiro atoms. The van der Waals surface area contributed by atoms with Gasteiger partial charge in [0.25, 0.3) is 0 Å². The van der Waals surface area contributed by atoms with Crippen LogP contribution in [-0.2, 0) is 4.74 Å². The Kier molecular flexibility index (Phi) is 8.81. The van der Waals surface area contributed by atoms with Crippen molar-refractivity contribution in [3.8, 4) is 61.8 Å². The molecule has 0 aliphatic heterocycles. The number of methoxy groups -OCH3 is 1. The fourth-order valence-corrected chi connectivity index (χ4v) is 7.01. The molecule has 0 fully saturated rings. The largest absolute Gasteiger partial charge is 0.507 e. The van der Waals surface area contributed by atoms with Crippen LogP contribution in [0.25, 0.3) is 66.1 Å². The average Bonchev–Trinajstić information content (AvgIpc) is 3.11. The number of hydrogen-bond donors (Lipinski definition) is 2. The molecule has 49 heavy (non-hydrogen) atoms. The predicted octanol–water partition coefficient (Wildman–Crippen LogP) is 11.4. The first-order chi connectivity index (χ1) is 23.8. The minimum Gasteiger partial charge on any atom is -0.507 e. The van der Waals surface area contributed by atoms with Gasteiger partial charge in [-0.05, 0) is 107 Å². The van der Waals surface area contributed by atoms with Crippen molar-refractivity contribution in [3.63, 3.8) is 0 Å². The molecule has 0 radical (unpaired) electrons. The lowest BCUT2D eigenvalue weighted by atomic mass is 9.88. The summed E-state index contributed by atoms with van der Waals surface area (Å²) in [7, 11) is 1.68. The molecule has 0 amide bonds. The summed E-state index contributed by atoms with van der Waals surface area (Å²) in [6.45, 7) is 7.10. The molecule has 0 heterocycles. The third-order valence-corrected chi connectivity index (χ3v) is 9.22. The summed E-state index contributed by atoms with van der Waals surface area (Å²) >= 11 is 0. The van der Waals surface area contributed by atoms with Gasteiger partial charge in [-0.15, -0.1) is 0 Å². The van der Waals surface area contributed by atoms with Crippen LogP contribution in [0.15, 0.2) is 121 Å². The molecular weight excluding hydrogens is 604 g/mol. The summed E-state index contributed by atoms with van der Waals surface area (Å²) in [5.41, 5.74) is 9.35. The molecule has 0 aromatic heterocycles. The minimum absolute atomic E-state index is 0.185. The molecule has 7 rings (SSSR count). The van der Waals surface area contributed by atoms with E-state index in [0.717, 1.165) is 71.6 Å². The van der Waals surface area contributed by atoms with Gasteiger partial charge in [-0.1, -0.05) is 84.9 Å². The monoisotopic (exact) mass is 644 g/mol. The number of ether oxygens (including phenoxy) is 2. The van der Waals surface area contributed by atoms with E-state index in [1.54, 1.807) is 7.11 Å². The van der Waals surface area contributed by atoms with Gasteiger partial charge in [-0.25, -0.2) is 0 Å². The lowest BCUT2D eigenvalue weighted by molar-refractivity contribution is 0.172. The molecule has 4 heteroatoms. The van der Waals surface area contributed by atoms with Crippen LogP contribution in [0.4, 0.5) is 0 Å². The van der Waals surface area contributed by atoms with E-state index in [0.29, 0.717) is 36.5 Å². The van der Waals surface area contributed by atoms with Crippen molar-refractivity contribution in [2.45, 2.75) is 27.2 Å². The zero-order chi connectivity index (χ0) is 34.1. The Bertz CT molecular complexity index is 2170. The van der Waals surface area contributed by atoms with E-state index >= 15 is 0 Å². The highest BCUT2D eigenvalue weighted by Gasteiger charge is 2.24. The summed E-state index contributed by atoms with van der Waals surface area (Å²) < 4.78 is 12.0. The predicted molar refractivity (Wildman–Crippen MR) is 203 cm³/mol. The first-order valence-electron chi connectivity index (χ1n) is 16.7. The van der Waals surface area contributed by atoms with Gasteiger partial charge in [0, 0.05) is 53.5 Å². The van der Waals surface area contributed by atoms with E-state index in [2.05, 4.69) is 74.5 Å². The van der Waals surface area contributed by atoms with E-state index in [1.165, 1.54) is 0 Å². The number of hydrogen-bond acceptors (Lipinski definition) is 4. The van der Waals surface area contributed by atoms with Crippen molar-refractivity contribution in [2.24, 2.45) is 0 Å². The SMILES string of the molecule is COCCCOc1c(-c2cc(C)cc(-c3cccc4ccccc34)c2O)cc(C)cc1-c1cc(C)cc(-c2cccc3ccccc23)c1O. The summed E-state index contributed by atoms with van der Waals surface area (Å²) in [5, 5.41) is 28.6. The molecule has 2 N–H and O–H groups in total. The quantitative estimate of drug-likeness (QED) is 0.154. The van der Waals surface area contributed by atoms with Crippen LogP contribution in [0.2, 0.25) is 0 Å². The Labute approximate surface area is 287 Å². The molecule has 0 bridgehead atoms. The van der Waals surface area contributed by atoms with Crippen LogP contribution >= 0.6 is 0 Å². The summed E-state index contributed by atoms with van der Waals surface area (Å²) in [5.74, 6) is 0.978. The number of rotatable bonds is 9. The van der Waals surface area contributed by atoms with Crippen molar-refractivity contribution in [1.29, 1.82) is 0 Å². The molecule has 7 aromatic rings. The molecule has 4 nitrogen and oxygen atoms in total. The Morgan fingerprint density at radius 3 is 1.29 bits per heavy atom. The molecule has 244 valence electrons. The normalized spacial score (nSPS) is 11.3. The van der Waals surface area contributed by atoms with Crippen LogP contribution in [-0.4, -0.2) is 30.5 Å². The van der Waals surface area contributed by atoms with E-state index in [1.807, 2.05) is 67.6 Å². The lowest BCUT2D eigenvalue weighted by Gasteiger charge is -2.22. The highest BCUT2D eigenvalue weighted by atomic mass is 16.5. The van der Waals surface area contributed by atoms with E-state index in [-0.39, 0.29) is 11.5 Å². The van der Waals surface area contributed by atoms with Crippen LogP contribution in [0.5, 0.6) is 17.2 Å². The molecule has 0 aliphatic carbocycles. The Morgan fingerprint density at radius 1 is 0.449 bits per heavy atom. The number of fused-ring (bicyclic) bond motifs is 2. The number of aryl methyl sites for hydroxylation is 3. The standard InChI is InChI=1S/C45H40O4/c1-28-22-37(35-18-9-14-31-12-5-7-16-33(31)35)43(46)39(24-28)41-26-30(3)27-42(45(41)49-21-11-20-48-4)40-25-29(2)23-38(44(40)47)36-19-10-15-32-13-6-8-17-34(32)36/h5-10,12-19,22-27,46-47H,11,20-21H2,1-4H3. The van der Waals surface area contributed by atoms with E-state index in [9.17, 15) is 10.2 Å². The average molecular weight is 645 g/mol. The number of aromatic hydroxyl groups is 2. The van der Waals surface area contributed by atoms with Crippen molar-refractivity contribution in [2.75, 3.05) is 20.3 Å². The molecule has 0 atom stereocenters. The topological polar surface area (TPSA) is 58.9 Å². The third-order valence-electron chi connectivity index (χ3n) is 9.22. The fourth-order valence-electron chi connectivity index (χ4n) is 7.01. The smallest absolute Gasteiger partial charge is 0.135 e. The van der Waals surface area contributed by atoms with Gasteiger partial charge < -0.3 is 19.7 Å². The van der Waals surface area contributed by atoms with Crippen LogP contribution < -0.4 is 4.74 Å². The summed E-state index contributed by atoms with van der Waals surface area (Å²) in [6, 6.07) is 41.1. The Balaban J connectivity index is 1.47. The third kappa shape index (κ3) is 6.12. The van der Waals surface area contributed by atoms with Gasteiger partial charge >= 0.3 is 0 Å². The van der Waals surface area contributed by atoms with Gasteiger partial charge in [0.05, 0.1) is 6.61 Å². The second kappa shape index (κ2) is 13.5. The van der Waals surface area contributed by atoms with Crippen molar-refractivity contribution in [3.05, 3.63) is 138 Å². The maximum Gasteiger partial charge on any atom is 0.135 e. The molecule has 0 aliphatic rings. The Hall–Kier alpha value is -5.58. The lowest BCUT2D eigenvalue weighted by Crippen LogP contribution is -2.04. The fraction of sp³-hybridized carbons (Fsp3) is 0.156. The van der Waals surface area contributed by atoms with Gasteiger partial charge in [0.15, 0.2) is 0 Å². The zero-order valence-corrected chi connectivity index (χ0v) is 28.4. The maximum atomic E-state index is 12.1. The maximum absolute atomic E-state index is 12.1. The summed E-state index contributed by atoms with van der Waals surface area (Å²) in [6.07, 6.45) is 0.686. The van der Waals surface area contributed by atoms with Gasteiger partial charge in [-0.3, -0.25) is 0 Å². The zero-order valence-electron chi connectivity index (χ0n) is 28.4. The van der Waals surface area contributed by atoms with Gasteiger partial charge in [-0.2, -0.15) is 0 Å². The van der Waals surface area contributed by atoms with Gasteiger partial charge in [0.2, 0.25) is 0 Å². The molecule has 0 saturated carbocycles. The van der Waals surface area contributed by atoms with Crippen molar-refractivity contribution >= 4 is 21.5 Å². The molecule has 7 aromatic carbocycles. The second-order valence-corrected chi connectivity index (χ2v) is 12.9. The number of phenolic OH excluding ortho intramolecular Hbond substituents is 2. The number of phenols is 2. The first-order valence-corrected chi connectivity index (χ1v) is 16.7. The van der Waals surface area contributed by atoms with Crippen molar-refractivity contribution < 1.29 is 19.7 Å². The van der Waals surface area contributed by atoms with Gasteiger partial charge in [0.1, 0.15) is 17.2 Å². The van der Waals surface area contributed by atoms with Crippen LogP contribution in [0.1, 0.15) is 23.1 Å². The Morgan fingerprint density at radius 2 is 0.837 bits per heavy atom. The van der Waals surface area contributed by atoms with Crippen LogP contribution in [0, 0.1) is 20.8 Å². The first kappa shape index (κ1) is 32.0. The molecule has 0 saturated heterocycles. The second-order valence-electron chi connectivity index (χ2n) is 12.9. The highest BCUT2D eigenvalue weighted by molar-refractivity contribution is 6.02. The molecule has 0 unspecified atom stereocenters. The van der Waals surface area contributed by atoms with Crippen molar-refractivity contribution in [1.82, 2.24) is 0 Å². The minimum atomic E-state index is 0.185.